The van der Waals surface area contributed by atoms with Gasteiger partial charge in [0.25, 0.3) is 0 Å². The quantitative estimate of drug-likeness (QED) is 0.843. The molecule has 1 aromatic heterocycles. The summed E-state index contributed by atoms with van der Waals surface area (Å²) in [6.45, 7) is 0.781. The van der Waals surface area contributed by atoms with Crippen LogP contribution in [-0.2, 0) is 12.3 Å². The Kier molecular flexibility index (Phi) is 4.71. The van der Waals surface area contributed by atoms with Gasteiger partial charge in [0.1, 0.15) is 11.5 Å². The van der Waals surface area contributed by atoms with Crippen LogP contribution in [0.2, 0.25) is 0 Å². The first-order valence-corrected chi connectivity index (χ1v) is 7.16. The second-order valence-corrected chi connectivity index (χ2v) is 5.61. The molecule has 4 heteroatoms. The van der Waals surface area contributed by atoms with E-state index in [0.717, 1.165) is 28.3 Å². The van der Waals surface area contributed by atoms with E-state index in [1.165, 1.54) is 4.90 Å². The molecule has 0 atom stereocenters. The second-order valence-electron chi connectivity index (χ2n) is 3.64. The molecule has 0 spiro atoms. The van der Waals surface area contributed by atoms with E-state index in [4.69, 9.17) is 4.42 Å². The average Bonchev–Trinajstić information content (AvgIpc) is 2.77. The van der Waals surface area contributed by atoms with Gasteiger partial charge in [-0.2, -0.15) is 0 Å². The van der Waals surface area contributed by atoms with Crippen LogP contribution in [-0.4, -0.2) is 7.05 Å². The van der Waals surface area contributed by atoms with Gasteiger partial charge in [0, 0.05) is 9.37 Å². The van der Waals surface area contributed by atoms with Gasteiger partial charge < -0.3 is 9.73 Å². The third kappa shape index (κ3) is 3.91. The lowest BCUT2D eigenvalue weighted by atomic mass is 10.4. The zero-order valence-corrected chi connectivity index (χ0v) is 12.0. The van der Waals surface area contributed by atoms with Gasteiger partial charge in [0.2, 0.25) is 0 Å². The van der Waals surface area contributed by atoms with Crippen molar-refractivity contribution in [1.82, 2.24) is 5.32 Å². The van der Waals surface area contributed by atoms with Gasteiger partial charge in [-0.25, -0.2) is 0 Å². The van der Waals surface area contributed by atoms with Crippen molar-refractivity contribution in [3.8, 4) is 0 Å². The van der Waals surface area contributed by atoms with Crippen molar-refractivity contribution >= 4 is 27.7 Å². The maximum absolute atomic E-state index is 5.68. The van der Waals surface area contributed by atoms with Gasteiger partial charge in [-0.1, -0.05) is 15.9 Å². The van der Waals surface area contributed by atoms with E-state index in [-0.39, 0.29) is 0 Å². The lowest BCUT2D eigenvalue weighted by Crippen LogP contribution is -2.03. The fourth-order valence-electron chi connectivity index (χ4n) is 1.45. The van der Waals surface area contributed by atoms with Crippen LogP contribution in [0.5, 0.6) is 0 Å². The van der Waals surface area contributed by atoms with Gasteiger partial charge in [-0.3, -0.25) is 0 Å². The Morgan fingerprint density at radius 3 is 2.53 bits per heavy atom. The van der Waals surface area contributed by atoms with E-state index in [2.05, 4.69) is 45.5 Å². The minimum absolute atomic E-state index is 0.781. The Morgan fingerprint density at radius 2 is 1.82 bits per heavy atom. The molecule has 2 nitrogen and oxygen atoms in total. The van der Waals surface area contributed by atoms with Crippen LogP contribution in [0, 0.1) is 0 Å². The van der Waals surface area contributed by atoms with E-state index in [9.17, 15) is 0 Å². The number of hydrogen-bond donors (Lipinski definition) is 1. The predicted octanol–water partition coefficient (Wildman–Crippen LogP) is 4.05. The van der Waals surface area contributed by atoms with Crippen LogP contribution < -0.4 is 5.32 Å². The Hall–Kier alpha value is -0.710. The summed E-state index contributed by atoms with van der Waals surface area (Å²) in [4.78, 5) is 1.25. The number of halogens is 1. The van der Waals surface area contributed by atoms with Crippen molar-refractivity contribution in [1.29, 1.82) is 0 Å². The van der Waals surface area contributed by atoms with Crippen molar-refractivity contribution < 1.29 is 4.42 Å². The molecule has 0 aliphatic heterocycles. The third-order valence-corrected chi connectivity index (χ3v) is 3.83. The van der Waals surface area contributed by atoms with Crippen LogP contribution >= 0.6 is 27.7 Å². The Morgan fingerprint density at radius 1 is 1.12 bits per heavy atom. The highest BCUT2D eigenvalue weighted by atomic mass is 79.9. The molecule has 0 saturated heterocycles. The molecule has 90 valence electrons. The zero-order chi connectivity index (χ0) is 12.1. The molecule has 2 aromatic rings. The number of benzene rings is 1. The molecule has 0 unspecified atom stereocenters. The Labute approximate surface area is 114 Å². The number of hydrogen-bond acceptors (Lipinski definition) is 3. The van der Waals surface area contributed by atoms with Crippen molar-refractivity contribution in [2.45, 2.75) is 17.2 Å². The smallest absolute Gasteiger partial charge is 0.117 e. The van der Waals surface area contributed by atoms with Crippen LogP contribution in [0.15, 0.2) is 50.2 Å². The number of nitrogens with one attached hydrogen (secondary N) is 1. The minimum atomic E-state index is 0.781. The highest BCUT2D eigenvalue weighted by molar-refractivity contribution is 9.10. The first kappa shape index (κ1) is 12.7. The lowest BCUT2D eigenvalue weighted by Gasteiger charge is -1.99. The van der Waals surface area contributed by atoms with Crippen LogP contribution in [0.3, 0.4) is 0 Å². The van der Waals surface area contributed by atoms with Gasteiger partial charge in [-0.15, -0.1) is 11.8 Å². The van der Waals surface area contributed by atoms with Crippen LogP contribution in [0.25, 0.3) is 0 Å². The van der Waals surface area contributed by atoms with E-state index in [1.54, 1.807) is 11.8 Å². The topological polar surface area (TPSA) is 25.2 Å². The molecular weight excluding hydrogens is 298 g/mol. The minimum Gasteiger partial charge on any atom is -0.464 e. The summed E-state index contributed by atoms with van der Waals surface area (Å²) in [6.07, 6.45) is 0. The monoisotopic (exact) mass is 311 g/mol. The predicted molar refractivity (Wildman–Crippen MR) is 75.2 cm³/mol. The van der Waals surface area contributed by atoms with E-state index >= 15 is 0 Å². The molecule has 0 amide bonds. The van der Waals surface area contributed by atoms with Crippen molar-refractivity contribution in [2.75, 3.05) is 7.05 Å². The normalized spacial score (nSPS) is 10.7. The Balaban J connectivity index is 1.90. The molecule has 0 aliphatic carbocycles. The Bertz CT molecular complexity index is 467. The number of thioether (sulfide) groups is 1. The second kappa shape index (κ2) is 6.28. The summed E-state index contributed by atoms with van der Waals surface area (Å²) in [7, 11) is 1.92. The standard InChI is InChI=1S/C13H14BrNOS/c1-15-8-11-4-5-12(16-11)9-17-13-6-2-10(14)3-7-13/h2-7,15H,8-9H2,1H3. The third-order valence-electron chi connectivity index (χ3n) is 2.26. The summed E-state index contributed by atoms with van der Waals surface area (Å²) in [5.74, 6) is 2.87. The summed E-state index contributed by atoms with van der Waals surface area (Å²) in [6, 6.07) is 12.4. The highest BCUT2D eigenvalue weighted by Crippen LogP contribution is 2.25. The number of furan rings is 1. The molecular formula is C13H14BrNOS. The SMILES string of the molecule is CNCc1ccc(CSc2ccc(Br)cc2)o1. The molecule has 0 fully saturated rings. The highest BCUT2D eigenvalue weighted by Gasteiger charge is 2.02. The van der Waals surface area contributed by atoms with Gasteiger partial charge in [-0.05, 0) is 43.4 Å². The van der Waals surface area contributed by atoms with Crippen molar-refractivity contribution in [3.63, 3.8) is 0 Å². The average molecular weight is 312 g/mol. The molecule has 0 bridgehead atoms. The molecule has 0 saturated carbocycles. The largest absolute Gasteiger partial charge is 0.464 e. The maximum atomic E-state index is 5.68. The summed E-state index contributed by atoms with van der Waals surface area (Å²) >= 11 is 5.21. The molecule has 0 radical (unpaired) electrons. The summed E-state index contributed by atoms with van der Waals surface area (Å²) in [5, 5.41) is 3.07. The zero-order valence-electron chi connectivity index (χ0n) is 9.57. The van der Waals surface area contributed by atoms with Crippen LogP contribution in [0.4, 0.5) is 0 Å². The lowest BCUT2D eigenvalue weighted by molar-refractivity contribution is 0.469. The van der Waals surface area contributed by atoms with E-state index in [1.807, 2.05) is 19.2 Å². The number of rotatable bonds is 5. The van der Waals surface area contributed by atoms with E-state index < -0.39 is 0 Å². The van der Waals surface area contributed by atoms with Gasteiger partial charge in [0.15, 0.2) is 0 Å². The van der Waals surface area contributed by atoms with Crippen LogP contribution in [0.1, 0.15) is 11.5 Å². The fraction of sp³-hybridized carbons (Fsp3) is 0.231. The summed E-state index contributed by atoms with van der Waals surface area (Å²) in [5.41, 5.74) is 0. The first-order chi connectivity index (χ1) is 8.28. The molecule has 0 aliphatic rings. The molecule has 1 aromatic carbocycles. The summed E-state index contributed by atoms with van der Waals surface area (Å²) < 4.78 is 6.78. The van der Waals surface area contributed by atoms with Crippen molar-refractivity contribution in [3.05, 3.63) is 52.4 Å². The first-order valence-electron chi connectivity index (χ1n) is 5.38. The van der Waals surface area contributed by atoms with E-state index in [0.29, 0.717) is 0 Å². The van der Waals surface area contributed by atoms with Crippen molar-refractivity contribution in [2.24, 2.45) is 0 Å². The molecule has 1 N–H and O–H groups in total. The molecule has 1 heterocycles. The molecule has 2 rings (SSSR count). The maximum Gasteiger partial charge on any atom is 0.117 e. The molecule has 17 heavy (non-hydrogen) atoms. The van der Waals surface area contributed by atoms with Gasteiger partial charge in [0.05, 0.1) is 12.3 Å². The van der Waals surface area contributed by atoms with Gasteiger partial charge >= 0.3 is 0 Å². The fourth-order valence-corrected chi connectivity index (χ4v) is 2.51.